The molecule has 2 aromatic rings. The van der Waals surface area contributed by atoms with E-state index in [0.717, 1.165) is 17.2 Å². The topological polar surface area (TPSA) is 49.0 Å². The van der Waals surface area contributed by atoms with Crippen molar-refractivity contribution in [1.82, 2.24) is 10.3 Å². The molecule has 0 aliphatic rings. The zero-order valence-electron chi connectivity index (χ0n) is 10.9. The number of hydrogen-bond donors (Lipinski definition) is 3. The quantitative estimate of drug-likeness (QED) is 0.750. The van der Waals surface area contributed by atoms with Crippen LogP contribution in [0.25, 0.3) is 0 Å². The van der Waals surface area contributed by atoms with E-state index in [1.165, 1.54) is 5.56 Å². The van der Waals surface area contributed by atoms with Crippen LogP contribution >= 0.6 is 12.2 Å². The monoisotopic (exact) mass is 272 g/mol. The number of aromatic nitrogens is 1. The third-order valence-corrected chi connectivity index (χ3v) is 2.85. The molecule has 4 nitrogen and oxygen atoms in total. The number of pyridine rings is 1. The summed E-state index contributed by atoms with van der Waals surface area (Å²) in [6.07, 6.45) is 1.74. The molecule has 0 radical (unpaired) electrons. The van der Waals surface area contributed by atoms with Gasteiger partial charge in [-0.3, -0.25) is 0 Å². The molecule has 0 spiro atoms. The first-order valence-electron chi connectivity index (χ1n) is 5.96. The largest absolute Gasteiger partial charge is 0.366 e. The van der Waals surface area contributed by atoms with Crippen LogP contribution in [0.1, 0.15) is 5.56 Å². The van der Waals surface area contributed by atoms with Crippen LogP contribution in [-0.4, -0.2) is 17.1 Å². The van der Waals surface area contributed by atoms with Gasteiger partial charge in [0.25, 0.3) is 0 Å². The Morgan fingerprint density at radius 1 is 1.16 bits per heavy atom. The van der Waals surface area contributed by atoms with E-state index in [2.05, 4.69) is 40.0 Å². The summed E-state index contributed by atoms with van der Waals surface area (Å²) in [5.41, 5.74) is 3.09. The van der Waals surface area contributed by atoms with E-state index < -0.39 is 0 Å². The van der Waals surface area contributed by atoms with Crippen molar-refractivity contribution in [2.45, 2.75) is 6.92 Å². The third kappa shape index (κ3) is 3.93. The lowest BCUT2D eigenvalue weighted by molar-refractivity contribution is 1.19. The van der Waals surface area contributed by atoms with Gasteiger partial charge in [-0.05, 0) is 49.0 Å². The van der Waals surface area contributed by atoms with Gasteiger partial charge in [-0.2, -0.15) is 0 Å². The highest BCUT2D eigenvalue weighted by molar-refractivity contribution is 7.80. The number of anilines is 3. The van der Waals surface area contributed by atoms with Gasteiger partial charge >= 0.3 is 0 Å². The molecular weight excluding hydrogens is 256 g/mol. The van der Waals surface area contributed by atoms with Crippen molar-refractivity contribution < 1.29 is 0 Å². The second-order valence-electron chi connectivity index (χ2n) is 4.13. The summed E-state index contributed by atoms with van der Waals surface area (Å²) in [6, 6.07) is 12.0. The van der Waals surface area contributed by atoms with Gasteiger partial charge in [0, 0.05) is 12.7 Å². The molecule has 3 N–H and O–H groups in total. The number of thiocarbonyl (C=S) groups is 1. The van der Waals surface area contributed by atoms with Gasteiger partial charge in [-0.25, -0.2) is 4.98 Å². The minimum atomic E-state index is 0.571. The smallest absolute Gasteiger partial charge is 0.170 e. The van der Waals surface area contributed by atoms with Gasteiger partial charge in [-0.15, -0.1) is 0 Å². The average molecular weight is 272 g/mol. The standard InChI is InChI=1S/C14H16N4S/c1-10-4-3-5-11(8-10)17-13-7-6-12(9-16-13)18-14(19)15-2/h3-9H,1-2H3,(H,16,17)(H2,15,18,19). The molecule has 98 valence electrons. The molecule has 5 heteroatoms. The first-order valence-corrected chi connectivity index (χ1v) is 6.36. The summed E-state index contributed by atoms with van der Waals surface area (Å²) in [6.45, 7) is 2.06. The fraction of sp³-hybridized carbons (Fsp3) is 0.143. The number of rotatable bonds is 3. The predicted octanol–water partition coefficient (Wildman–Crippen LogP) is 3.05. The lowest BCUT2D eigenvalue weighted by Gasteiger charge is -2.09. The first kappa shape index (κ1) is 13.3. The summed E-state index contributed by atoms with van der Waals surface area (Å²) in [5, 5.41) is 9.70. The molecule has 0 saturated heterocycles. The molecule has 1 aromatic carbocycles. The Labute approximate surface area is 118 Å². The van der Waals surface area contributed by atoms with Crippen LogP contribution in [-0.2, 0) is 0 Å². The number of benzene rings is 1. The van der Waals surface area contributed by atoms with E-state index in [4.69, 9.17) is 12.2 Å². The Kier molecular flexibility index (Phi) is 4.30. The maximum atomic E-state index is 5.02. The number of nitrogens with zero attached hydrogens (tertiary/aromatic N) is 1. The van der Waals surface area contributed by atoms with Crippen LogP contribution in [0.2, 0.25) is 0 Å². The van der Waals surface area contributed by atoms with Crippen LogP contribution in [0, 0.1) is 6.92 Å². The van der Waals surface area contributed by atoms with Crippen LogP contribution in [0.15, 0.2) is 42.6 Å². The fourth-order valence-electron chi connectivity index (χ4n) is 1.61. The van der Waals surface area contributed by atoms with E-state index in [-0.39, 0.29) is 0 Å². The molecule has 0 unspecified atom stereocenters. The van der Waals surface area contributed by atoms with Crippen molar-refractivity contribution in [3.8, 4) is 0 Å². The van der Waals surface area contributed by atoms with E-state index in [0.29, 0.717) is 5.11 Å². The van der Waals surface area contributed by atoms with Crippen molar-refractivity contribution in [3.63, 3.8) is 0 Å². The molecule has 1 heterocycles. The van der Waals surface area contributed by atoms with Crippen molar-refractivity contribution in [3.05, 3.63) is 48.2 Å². The molecule has 0 aliphatic carbocycles. The van der Waals surface area contributed by atoms with Gasteiger partial charge in [0.1, 0.15) is 5.82 Å². The average Bonchev–Trinajstić information content (AvgIpc) is 2.41. The molecule has 0 amide bonds. The second-order valence-corrected chi connectivity index (χ2v) is 4.54. The summed E-state index contributed by atoms with van der Waals surface area (Å²) in [7, 11) is 1.77. The Morgan fingerprint density at radius 3 is 2.63 bits per heavy atom. The zero-order valence-corrected chi connectivity index (χ0v) is 11.7. The molecule has 2 rings (SSSR count). The molecule has 1 aromatic heterocycles. The molecule has 0 bridgehead atoms. The van der Waals surface area contributed by atoms with E-state index in [1.807, 2.05) is 24.3 Å². The van der Waals surface area contributed by atoms with Crippen LogP contribution in [0.5, 0.6) is 0 Å². The third-order valence-electron chi connectivity index (χ3n) is 2.54. The van der Waals surface area contributed by atoms with Crippen molar-refractivity contribution >= 4 is 34.5 Å². The second kappa shape index (κ2) is 6.15. The minimum absolute atomic E-state index is 0.571. The van der Waals surface area contributed by atoms with E-state index in [9.17, 15) is 0 Å². The Hall–Kier alpha value is -2.14. The molecule has 0 fully saturated rings. The lowest BCUT2D eigenvalue weighted by Crippen LogP contribution is -2.24. The molecule has 0 saturated carbocycles. The highest BCUT2D eigenvalue weighted by Gasteiger charge is 1.98. The zero-order chi connectivity index (χ0) is 13.7. The molecule has 19 heavy (non-hydrogen) atoms. The minimum Gasteiger partial charge on any atom is -0.366 e. The molecule has 0 aliphatic heterocycles. The van der Waals surface area contributed by atoms with Crippen LogP contribution in [0.3, 0.4) is 0 Å². The highest BCUT2D eigenvalue weighted by atomic mass is 32.1. The Morgan fingerprint density at radius 2 is 2.00 bits per heavy atom. The Balaban J connectivity index is 2.04. The number of hydrogen-bond acceptors (Lipinski definition) is 3. The van der Waals surface area contributed by atoms with E-state index in [1.54, 1.807) is 13.2 Å². The highest BCUT2D eigenvalue weighted by Crippen LogP contribution is 2.17. The Bertz CT molecular complexity index is 566. The summed E-state index contributed by atoms with van der Waals surface area (Å²) in [5.74, 6) is 0.798. The molecule has 0 atom stereocenters. The normalized spacial score (nSPS) is 9.79. The van der Waals surface area contributed by atoms with Crippen molar-refractivity contribution in [2.24, 2.45) is 0 Å². The van der Waals surface area contributed by atoms with Gasteiger partial charge in [-0.1, -0.05) is 12.1 Å². The number of nitrogens with one attached hydrogen (secondary N) is 3. The first-order chi connectivity index (χ1) is 9.17. The SMILES string of the molecule is CNC(=S)Nc1ccc(Nc2cccc(C)c2)nc1. The fourth-order valence-corrected chi connectivity index (χ4v) is 1.72. The number of aryl methyl sites for hydroxylation is 1. The van der Waals surface area contributed by atoms with Gasteiger partial charge in [0.05, 0.1) is 11.9 Å². The summed E-state index contributed by atoms with van der Waals surface area (Å²) >= 11 is 5.02. The van der Waals surface area contributed by atoms with E-state index >= 15 is 0 Å². The maximum Gasteiger partial charge on any atom is 0.170 e. The summed E-state index contributed by atoms with van der Waals surface area (Å²) in [4.78, 5) is 4.33. The van der Waals surface area contributed by atoms with Gasteiger partial charge in [0.15, 0.2) is 5.11 Å². The van der Waals surface area contributed by atoms with Crippen LogP contribution < -0.4 is 16.0 Å². The summed E-state index contributed by atoms with van der Waals surface area (Å²) < 4.78 is 0. The van der Waals surface area contributed by atoms with Gasteiger partial charge < -0.3 is 16.0 Å². The molecular formula is C14H16N4S. The van der Waals surface area contributed by atoms with Crippen molar-refractivity contribution in [1.29, 1.82) is 0 Å². The van der Waals surface area contributed by atoms with Crippen LogP contribution in [0.4, 0.5) is 17.2 Å². The maximum absolute atomic E-state index is 5.02. The predicted molar refractivity (Wildman–Crippen MR) is 84.0 cm³/mol. The van der Waals surface area contributed by atoms with Crippen molar-refractivity contribution in [2.75, 3.05) is 17.7 Å². The lowest BCUT2D eigenvalue weighted by atomic mass is 10.2. The van der Waals surface area contributed by atoms with Gasteiger partial charge in [0.2, 0.25) is 0 Å².